The van der Waals surface area contributed by atoms with Crippen molar-refractivity contribution in [2.45, 2.75) is 33.7 Å². The lowest BCUT2D eigenvalue weighted by Gasteiger charge is -2.14. The number of nitrogens with one attached hydrogen (secondary N) is 2. The zero-order valence-electron chi connectivity index (χ0n) is 15.2. The highest BCUT2D eigenvalue weighted by Gasteiger charge is 2.18. The molecule has 0 saturated carbocycles. The fraction of sp³-hybridized carbons (Fsp3) is 0.412. The molecule has 0 aliphatic heterocycles. The molecule has 1 heterocycles. The Labute approximate surface area is 163 Å². The predicted octanol–water partition coefficient (Wildman–Crippen LogP) is 2.28. The number of halogens is 1. The lowest BCUT2D eigenvalue weighted by molar-refractivity contribution is -0.125. The minimum absolute atomic E-state index is 0. The maximum atomic E-state index is 11.9. The molecular formula is C17H24ClN5O2S. The highest BCUT2D eigenvalue weighted by molar-refractivity contribution is 7.18. The van der Waals surface area contributed by atoms with E-state index in [0.717, 1.165) is 21.7 Å². The normalized spacial score (nSPS) is 11.6. The molecular weight excluding hydrogens is 374 g/mol. The zero-order chi connectivity index (χ0) is 18.6. The van der Waals surface area contributed by atoms with Crippen LogP contribution >= 0.6 is 23.7 Å². The summed E-state index contributed by atoms with van der Waals surface area (Å²) in [6.45, 7) is 7.58. The molecule has 2 rings (SSSR count). The molecule has 0 saturated heterocycles. The Hall–Kier alpha value is -2.03. The molecule has 142 valence electrons. The number of nitrogens with two attached hydrogens (primary N) is 1. The Morgan fingerprint density at radius 3 is 2.35 bits per heavy atom. The second-order valence-corrected chi connectivity index (χ2v) is 7.30. The number of aryl methyl sites for hydroxylation is 2. The van der Waals surface area contributed by atoms with Crippen molar-refractivity contribution in [3.8, 4) is 10.6 Å². The number of carbonyl (C=O) groups excluding carboxylic acids is 2. The summed E-state index contributed by atoms with van der Waals surface area (Å²) < 4.78 is 0. The number of aromatic nitrogens is 2. The summed E-state index contributed by atoms with van der Waals surface area (Å²) in [5.41, 5.74) is 8.97. The van der Waals surface area contributed by atoms with Gasteiger partial charge in [-0.25, -0.2) is 0 Å². The van der Waals surface area contributed by atoms with E-state index in [9.17, 15) is 9.59 Å². The smallest absolute Gasteiger partial charge is 0.245 e. The highest BCUT2D eigenvalue weighted by Crippen LogP contribution is 2.27. The Balaban J connectivity index is 0.00000338. The molecule has 2 aromatic rings. The van der Waals surface area contributed by atoms with Gasteiger partial charge in [0.15, 0.2) is 0 Å². The lowest BCUT2D eigenvalue weighted by atomic mass is 10.1. The SMILES string of the molecule is Cc1cc(C)cc(-c2nnc(NC(=O)CNC(=O)[C@@H](N)C(C)C)s2)c1.Cl. The largest absolute Gasteiger partial charge is 0.346 e. The van der Waals surface area contributed by atoms with Gasteiger partial charge in [0.25, 0.3) is 0 Å². The van der Waals surface area contributed by atoms with Crippen LogP contribution in [0.3, 0.4) is 0 Å². The molecule has 0 fully saturated rings. The first-order chi connectivity index (χ1) is 11.8. The van der Waals surface area contributed by atoms with Crippen molar-refractivity contribution in [1.29, 1.82) is 0 Å². The van der Waals surface area contributed by atoms with Crippen LogP contribution in [0.2, 0.25) is 0 Å². The van der Waals surface area contributed by atoms with E-state index < -0.39 is 6.04 Å². The second-order valence-electron chi connectivity index (χ2n) is 6.32. The standard InChI is InChI=1S/C17H23N5O2S.ClH/c1-9(2)14(18)15(24)19-8-13(23)20-17-22-21-16(25-17)12-6-10(3)5-11(4)7-12;/h5-7,9,14H,8,18H2,1-4H3,(H,19,24)(H,20,22,23);1H/t14-;/m0./s1. The molecule has 0 bridgehead atoms. The van der Waals surface area contributed by atoms with Crippen molar-refractivity contribution in [1.82, 2.24) is 15.5 Å². The van der Waals surface area contributed by atoms with E-state index in [4.69, 9.17) is 5.73 Å². The van der Waals surface area contributed by atoms with Gasteiger partial charge in [-0.3, -0.25) is 14.9 Å². The number of carbonyl (C=O) groups is 2. The molecule has 2 amide bonds. The van der Waals surface area contributed by atoms with Crippen molar-refractivity contribution >= 4 is 40.7 Å². The van der Waals surface area contributed by atoms with Gasteiger partial charge in [-0.1, -0.05) is 42.4 Å². The number of rotatable bonds is 6. The number of hydrogen-bond donors (Lipinski definition) is 3. The molecule has 4 N–H and O–H groups in total. The minimum Gasteiger partial charge on any atom is -0.346 e. The molecule has 7 nitrogen and oxygen atoms in total. The summed E-state index contributed by atoms with van der Waals surface area (Å²) in [5.74, 6) is -0.711. The quantitative estimate of drug-likeness (QED) is 0.692. The summed E-state index contributed by atoms with van der Waals surface area (Å²) in [6, 6.07) is 5.49. The van der Waals surface area contributed by atoms with E-state index in [-0.39, 0.29) is 36.7 Å². The maximum absolute atomic E-state index is 11.9. The van der Waals surface area contributed by atoms with Gasteiger partial charge >= 0.3 is 0 Å². The number of benzene rings is 1. The molecule has 1 aromatic heterocycles. The Morgan fingerprint density at radius 2 is 1.77 bits per heavy atom. The number of amides is 2. The molecule has 9 heteroatoms. The summed E-state index contributed by atoms with van der Waals surface area (Å²) >= 11 is 1.29. The van der Waals surface area contributed by atoms with E-state index in [1.54, 1.807) is 0 Å². The van der Waals surface area contributed by atoms with E-state index >= 15 is 0 Å². The predicted molar refractivity (Wildman–Crippen MR) is 107 cm³/mol. The van der Waals surface area contributed by atoms with Crippen molar-refractivity contribution < 1.29 is 9.59 Å². The third-order valence-corrected chi connectivity index (χ3v) is 4.47. The first-order valence-electron chi connectivity index (χ1n) is 8.01. The topological polar surface area (TPSA) is 110 Å². The average molecular weight is 398 g/mol. The van der Waals surface area contributed by atoms with Crippen LogP contribution in [0.15, 0.2) is 18.2 Å². The number of hydrogen-bond acceptors (Lipinski definition) is 6. The maximum Gasteiger partial charge on any atom is 0.245 e. The Morgan fingerprint density at radius 1 is 1.15 bits per heavy atom. The van der Waals surface area contributed by atoms with Crippen LogP contribution in [0, 0.1) is 19.8 Å². The molecule has 1 aromatic carbocycles. The highest BCUT2D eigenvalue weighted by atomic mass is 35.5. The summed E-state index contributed by atoms with van der Waals surface area (Å²) in [7, 11) is 0. The van der Waals surface area contributed by atoms with Gasteiger partial charge in [-0.2, -0.15) is 0 Å². The molecule has 0 spiro atoms. The lowest BCUT2D eigenvalue weighted by Crippen LogP contribution is -2.46. The average Bonchev–Trinajstić information content (AvgIpc) is 2.99. The van der Waals surface area contributed by atoms with Gasteiger partial charge < -0.3 is 11.1 Å². The van der Waals surface area contributed by atoms with Crippen LogP contribution in [-0.2, 0) is 9.59 Å². The Bertz CT molecular complexity index is 758. The van der Waals surface area contributed by atoms with Crippen LogP contribution < -0.4 is 16.4 Å². The summed E-state index contributed by atoms with van der Waals surface area (Å²) in [4.78, 5) is 23.7. The van der Waals surface area contributed by atoms with Gasteiger partial charge in [0, 0.05) is 5.56 Å². The third-order valence-electron chi connectivity index (χ3n) is 3.58. The summed E-state index contributed by atoms with van der Waals surface area (Å²) in [6.07, 6.45) is 0. The monoisotopic (exact) mass is 397 g/mol. The molecule has 0 aliphatic rings. The first kappa shape index (κ1) is 22.0. The molecule has 1 atom stereocenters. The zero-order valence-corrected chi connectivity index (χ0v) is 16.8. The van der Waals surface area contributed by atoms with E-state index in [2.05, 4.69) is 26.9 Å². The van der Waals surface area contributed by atoms with E-state index in [1.165, 1.54) is 11.3 Å². The van der Waals surface area contributed by atoms with Crippen LogP contribution in [0.1, 0.15) is 25.0 Å². The number of anilines is 1. The van der Waals surface area contributed by atoms with Crippen LogP contribution in [0.5, 0.6) is 0 Å². The van der Waals surface area contributed by atoms with Gasteiger partial charge in [0.05, 0.1) is 12.6 Å². The van der Waals surface area contributed by atoms with Crippen LogP contribution in [-0.4, -0.2) is 34.6 Å². The van der Waals surface area contributed by atoms with Crippen LogP contribution in [0.25, 0.3) is 10.6 Å². The fourth-order valence-corrected chi connectivity index (χ4v) is 2.99. The van der Waals surface area contributed by atoms with Gasteiger partial charge in [0.2, 0.25) is 16.9 Å². The minimum atomic E-state index is -0.634. The third kappa shape index (κ3) is 6.05. The first-order valence-corrected chi connectivity index (χ1v) is 8.83. The fourth-order valence-electron chi connectivity index (χ4n) is 2.24. The van der Waals surface area contributed by atoms with Gasteiger partial charge in [-0.05, 0) is 31.9 Å². The van der Waals surface area contributed by atoms with Crippen molar-refractivity contribution in [3.63, 3.8) is 0 Å². The second kappa shape index (κ2) is 9.61. The molecule has 0 radical (unpaired) electrons. The van der Waals surface area contributed by atoms with Crippen LogP contribution in [0.4, 0.5) is 5.13 Å². The molecule has 0 unspecified atom stereocenters. The van der Waals surface area contributed by atoms with Crippen molar-refractivity contribution in [2.75, 3.05) is 11.9 Å². The Kier molecular flexibility index (Phi) is 8.13. The molecule has 26 heavy (non-hydrogen) atoms. The summed E-state index contributed by atoms with van der Waals surface area (Å²) in [5, 5.41) is 14.4. The van der Waals surface area contributed by atoms with Gasteiger partial charge in [0.1, 0.15) is 5.01 Å². The van der Waals surface area contributed by atoms with Gasteiger partial charge in [-0.15, -0.1) is 22.6 Å². The molecule has 0 aliphatic carbocycles. The number of nitrogens with zero attached hydrogens (tertiary/aromatic N) is 2. The van der Waals surface area contributed by atoms with Crippen molar-refractivity contribution in [2.24, 2.45) is 11.7 Å². The van der Waals surface area contributed by atoms with Crippen molar-refractivity contribution in [3.05, 3.63) is 29.3 Å². The van der Waals surface area contributed by atoms with E-state index in [0.29, 0.717) is 5.13 Å². The van der Waals surface area contributed by atoms with E-state index in [1.807, 2.05) is 39.8 Å².